The fraction of sp³-hybridized carbons (Fsp3) is 0.647. The van der Waals surface area contributed by atoms with Crippen molar-refractivity contribution in [1.82, 2.24) is 4.90 Å². The number of hydrogen-bond acceptors (Lipinski definition) is 2. The molecule has 3 heteroatoms. The van der Waals surface area contributed by atoms with Crippen molar-refractivity contribution in [2.75, 3.05) is 13.1 Å². The van der Waals surface area contributed by atoms with Gasteiger partial charge in [-0.05, 0) is 56.8 Å². The Kier molecular flexibility index (Phi) is 5.65. The highest BCUT2D eigenvalue weighted by Gasteiger charge is 2.39. The zero-order chi connectivity index (χ0) is 14.6. The molecule has 1 saturated carbocycles. The van der Waals surface area contributed by atoms with Crippen LogP contribution in [0.1, 0.15) is 45.1 Å². The molecule has 0 saturated heterocycles. The first-order valence-electron chi connectivity index (χ1n) is 7.80. The van der Waals surface area contributed by atoms with Gasteiger partial charge < -0.3 is 5.73 Å². The van der Waals surface area contributed by atoms with Crippen molar-refractivity contribution in [3.8, 4) is 0 Å². The fourth-order valence-electron chi connectivity index (χ4n) is 2.94. The molecule has 1 atom stereocenters. The lowest BCUT2D eigenvalue weighted by Gasteiger charge is -2.41. The average Bonchev–Trinajstić information content (AvgIpc) is 3.26. The first kappa shape index (κ1) is 16.0. The van der Waals surface area contributed by atoms with Gasteiger partial charge in [0.25, 0.3) is 0 Å². The standard InChI is InChI=1S/C17H27BrN2/c1-3-4-11-20(16-9-10-16)17(2,13-19)12-14-5-7-15(18)8-6-14/h5-8,16H,3-4,9-13,19H2,1-2H3. The SMILES string of the molecule is CCCCN(C1CC1)C(C)(CN)Cc1ccc(Br)cc1. The topological polar surface area (TPSA) is 29.3 Å². The maximum Gasteiger partial charge on any atom is 0.0346 e. The largest absolute Gasteiger partial charge is 0.329 e. The van der Waals surface area contributed by atoms with Crippen LogP contribution >= 0.6 is 15.9 Å². The molecule has 1 unspecified atom stereocenters. The Morgan fingerprint density at radius 1 is 1.30 bits per heavy atom. The van der Waals surface area contributed by atoms with Crippen LogP contribution in [0.3, 0.4) is 0 Å². The first-order valence-corrected chi connectivity index (χ1v) is 8.59. The van der Waals surface area contributed by atoms with Crippen LogP contribution in [0.2, 0.25) is 0 Å². The fourth-order valence-corrected chi connectivity index (χ4v) is 3.21. The third kappa shape index (κ3) is 4.06. The number of unbranched alkanes of at least 4 members (excludes halogenated alkanes) is 1. The summed E-state index contributed by atoms with van der Waals surface area (Å²) >= 11 is 3.50. The predicted molar refractivity (Wildman–Crippen MR) is 89.9 cm³/mol. The lowest BCUT2D eigenvalue weighted by Crippen LogP contribution is -2.54. The van der Waals surface area contributed by atoms with E-state index in [0.717, 1.165) is 23.5 Å². The molecule has 112 valence electrons. The summed E-state index contributed by atoms with van der Waals surface area (Å²) in [6.07, 6.45) is 6.25. The first-order chi connectivity index (χ1) is 9.59. The van der Waals surface area contributed by atoms with Gasteiger partial charge in [-0.3, -0.25) is 4.90 Å². The van der Waals surface area contributed by atoms with E-state index in [4.69, 9.17) is 5.73 Å². The molecule has 0 aromatic heterocycles. The second-order valence-corrected chi connectivity index (χ2v) is 7.20. The Morgan fingerprint density at radius 2 is 1.95 bits per heavy atom. The zero-order valence-corrected chi connectivity index (χ0v) is 14.3. The Bertz CT molecular complexity index is 414. The molecule has 0 heterocycles. The van der Waals surface area contributed by atoms with E-state index < -0.39 is 0 Å². The van der Waals surface area contributed by atoms with Crippen LogP contribution in [0.4, 0.5) is 0 Å². The molecule has 2 nitrogen and oxygen atoms in total. The van der Waals surface area contributed by atoms with Crippen molar-refractivity contribution in [2.45, 2.75) is 57.5 Å². The van der Waals surface area contributed by atoms with Crippen molar-refractivity contribution >= 4 is 15.9 Å². The molecule has 0 spiro atoms. The summed E-state index contributed by atoms with van der Waals surface area (Å²) in [7, 11) is 0. The van der Waals surface area contributed by atoms with Crippen molar-refractivity contribution < 1.29 is 0 Å². The second kappa shape index (κ2) is 7.06. The van der Waals surface area contributed by atoms with Gasteiger partial charge in [0.05, 0.1) is 0 Å². The summed E-state index contributed by atoms with van der Waals surface area (Å²) in [5, 5.41) is 0. The van der Waals surface area contributed by atoms with Crippen LogP contribution in [0, 0.1) is 0 Å². The normalized spacial score (nSPS) is 18.2. The third-order valence-corrected chi connectivity index (χ3v) is 4.90. The Balaban J connectivity index is 2.10. The van der Waals surface area contributed by atoms with Gasteiger partial charge >= 0.3 is 0 Å². The van der Waals surface area contributed by atoms with E-state index in [1.165, 1.54) is 37.8 Å². The van der Waals surface area contributed by atoms with Crippen LogP contribution in [-0.4, -0.2) is 29.6 Å². The molecule has 0 amide bonds. The van der Waals surface area contributed by atoms with Crippen LogP contribution in [-0.2, 0) is 6.42 Å². The van der Waals surface area contributed by atoms with E-state index in [-0.39, 0.29) is 5.54 Å². The number of benzene rings is 1. The Morgan fingerprint density at radius 3 is 2.45 bits per heavy atom. The Labute approximate surface area is 131 Å². The van der Waals surface area contributed by atoms with Gasteiger partial charge in [0.1, 0.15) is 0 Å². The molecule has 0 radical (unpaired) electrons. The number of nitrogens with two attached hydrogens (primary N) is 1. The van der Waals surface area contributed by atoms with Crippen LogP contribution in [0.5, 0.6) is 0 Å². The van der Waals surface area contributed by atoms with Crippen molar-refractivity contribution in [3.05, 3.63) is 34.3 Å². The lowest BCUT2D eigenvalue weighted by atomic mass is 9.90. The summed E-state index contributed by atoms with van der Waals surface area (Å²) in [5.41, 5.74) is 7.64. The van der Waals surface area contributed by atoms with Gasteiger partial charge in [0, 0.05) is 22.6 Å². The molecule has 2 rings (SSSR count). The van der Waals surface area contributed by atoms with Crippen LogP contribution in [0.25, 0.3) is 0 Å². The molecule has 2 N–H and O–H groups in total. The molecule has 1 aromatic rings. The second-order valence-electron chi connectivity index (χ2n) is 6.28. The van der Waals surface area contributed by atoms with E-state index in [9.17, 15) is 0 Å². The molecule has 20 heavy (non-hydrogen) atoms. The van der Waals surface area contributed by atoms with Gasteiger partial charge in [0.2, 0.25) is 0 Å². The number of nitrogens with zero attached hydrogens (tertiary/aromatic N) is 1. The molecule has 1 aromatic carbocycles. The summed E-state index contributed by atoms with van der Waals surface area (Å²) < 4.78 is 1.14. The number of hydrogen-bond donors (Lipinski definition) is 1. The van der Waals surface area contributed by atoms with Gasteiger partial charge in [-0.15, -0.1) is 0 Å². The molecular formula is C17H27BrN2. The smallest absolute Gasteiger partial charge is 0.0346 e. The third-order valence-electron chi connectivity index (χ3n) is 4.37. The quantitative estimate of drug-likeness (QED) is 0.776. The maximum atomic E-state index is 6.17. The van der Waals surface area contributed by atoms with E-state index in [1.54, 1.807) is 0 Å². The average molecular weight is 339 g/mol. The highest BCUT2D eigenvalue weighted by atomic mass is 79.9. The molecule has 0 aliphatic heterocycles. The molecular weight excluding hydrogens is 312 g/mol. The Hall–Kier alpha value is -0.380. The zero-order valence-electron chi connectivity index (χ0n) is 12.7. The van der Waals surface area contributed by atoms with E-state index in [0.29, 0.717) is 0 Å². The molecule has 1 fully saturated rings. The summed E-state index contributed by atoms with van der Waals surface area (Å²) in [6, 6.07) is 9.44. The van der Waals surface area contributed by atoms with Crippen molar-refractivity contribution in [2.24, 2.45) is 5.73 Å². The minimum atomic E-state index is 0.0875. The van der Waals surface area contributed by atoms with Crippen LogP contribution in [0.15, 0.2) is 28.7 Å². The molecule has 0 bridgehead atoms. The minimum absolute atomic E-state index is 0.0875. The van der Waals surface area contributed by atoms with E-state index in [1.807, 2.05) is 0 Å². The maximum absolute atomic E-state index is 6.17. The number of rotatable bonds is 8. The van der Waals surface area contributed by atoms with E-state index in [2.05, 4.69) is 58.9 Å². The van der Waals surface area contributed by atoms with Gasteiger partial charge in [0.15, 0.2) is 0 Å². The van der Waals surface area contributed by atoms with Crippen LogP contribution < -0.4 is 5.73 Å². The van der Waals surface area contributed by atoms with Gasteiger partial charge in [-0.2, -0.15) is 0 Å². The minimum Gasteiger partial charge on any atom is -0.329 e. The molecule has 1 aliphatic rings. The highest BCUT2D eigenvalue weighted by molar-refractivity contribution is 9.10. The lowest BCUT2D eigenvalue weighted by molar-refractivity contribution is 0.0985. The predicted octanol–water partition coefficient (Wildman–Crippen LogP) is 3.97. The van der Waals surface area contributed by atoms with E-state index >= 15 is 0 Å². The monoisotopic (exact) mass is 338 g/mol. The van der Waals surface area contributed by atoms with Gasteiger partial charge in [-0.25, -0.2) is 0 Å². The summed E-state index contributed by atoms with van der Waals surface area (Å²) in [4.78, 5) is 2.68. The highest BCUT2D eigenvalue weighted by Crippen LogP contribution is 2.34. The van der Waals surface area contributed by atoms with Gasteiger partial charge in [-0.1, -0.05) is 41.4 Å². The van der Waals surface area contributed by atoms with Crippen molar-refractivity contribution in [3.63, 3.8) is 0 Å². The van der Waals surface area contributed by atoms with Crippen molar-refractivity contribution in [1.29, 1.82) is 0 Å². The molecule has 1 aliphatic carbocycles. The summed E-state index contributed by atoms with van der Waals surface area (Å²) in [6.45, 7) is 6.51. The number of halogens is 1. The summed E-state index contributed by atoms with van der Waals surface area (Å²) in [5.74, 6) is 0.